The minimum absolute atomic E-state index is 0.164. The molecule has 4 heteroatoms. The second-order valence-corrected chi connectivity index (χ2v) is 3.73. The second-order valence-electron chi connectivity index (χ2n) is 3.73. The van der Waals surface area contributed by atoms with Crippen LogP contribution in [0.2, 0.25) is 0 Å². The van der Waals surface area contributed by atoms with E-state index in [1.807, 2.05) is 6.07 Å². The molecule has 0 saturated carbocycles. The molecular formula is C13H14N2O2. The fraction of sp³-hybridized carbons (Fsp3) is 0.0769. The number of aromatic hydroxyl groups is 1. The summed E-state index contributed by atoms with van der Waals surface area (Å²) in [6.07, 6.45) is 0. The van der Waals surface area contributed by atoms with Gasteiger partial charge in [0.25, 0.3) is 0 Å². The van der Waals surface area contributed by atoms with Crippen LogP contribution < -0.4 is 16.2 Å². The number of rotatable bonds is 2. The topological polar surface area (TPSA) is 81.5 Å². The summed E-state index contributed by atoms with van der Waals surface area (Å²) in [6, 6.07) is 10.1. The van der Waals surface area contributed by atoms with Crippen LogP contribution in [0.5, 0.6) is 11.5 Å². The van der Waals surface area contributed by atoms with E-state index in [1.165, 1.54) is 0 Å². The van der Waals surface area contributed by atoms with Gasteiger partial charge in [-0.05, 0) is 30.3 Å². The standard InChI is InChI=1S/C13H14N2O2/c1-17-13-5-3-9(16)7-11(13)10-4-2-8(14)6-12(10)15/h2-7,16H,14-15H2,1H3. The van der Waals surface area contributed by atoms with Gasteiger partial charge in [-0.25, -0.2) is 0 Å². The molecule has 2 aromatic rings. The van der Waals surface area contributed by atoms with Gasteiger partial charge in [-0.3, -0.25) is 0 Å². The number of hydrogen-bond acceptors (Lipinski definition) is 4. The van der Waals surface area contributed by atoms with Crippen molar-refractivity contribution in [2.45, 2.75) is 0 Å². The lowest BCUT2D eigenvalue weighted by atomic mass is 10.0. The van der Waals surface area contributed by atoms with Crippen LogP contribution in [0.15, 0.2) is 36.4 Å². The maximum atomic E-state index is 9.52. The highest BCUT2D eigenvalue weighted by Crippen LogP contribution is 2.36. The Hall–Kier alpha value is -2.36. The average molecular weight is 230 g/mol. The first-order valence-electron chi connectivity index (χ1n) is 5.14. The van der Waals surface area contributed by atoms with Gasteiger partial charge >= 0.3 is 0 Å². The number of benzene rings is 2. The van der Waals surface area contributed by atoms with Crippen LogP contribution in [-0.2, 0) is 0 Å². The van der Waals surface area contributed by atoms with Crippen LogP contribution in [0.1, 0.15) is 0 Å². The van der Waals surface area contributed by atoms with Crippen LogP contribution in [0.4, 0.5) is 11.4 Å². The lowest BCUT2D eigenvalue weighted by Crippen LogP contribution is -1.95. The summed E-state index contributed by atoms with van der Waals surface area (Å²) in [7, 11) is 1.57. The van der Waals surface area contributed by atoms with Gasteiger partial charge in [0.2, 0.25) is 0 Å². The van der Waals surface area contributed by atoms with Crippen molar-refractivity contribution in [2.75, 3.05) is 18.6 Å². The van der Waals surface area contributed by atoms with Crippen molar-refractivity contribution in [1.82, 2.24) is 0 Å². The Morgan fingerprint density at radius 2 is 1.76 bits per heavy atom. The Morgan fingerprint density at radius 3 is 2.41 bits per heavy atom. The first kappa shape index (κ1) is 11.1. The van der Waals surface area contributed by atoms with Crippen molar-refractivity contribution in [3.05, 3.63) is 36.4 Å². The maximum Gasteiger partial charge on any atom is 0.127 e. The number of hydrogen-bond donors (Lipinski definition) is 3. The third-order valence-electron chi connectivity index (χ3n) is 2.55. The summed E-state index contributed by atoms with van der Waals surface area (Å²) in [5, 5.41) is 9.52. The van der Waals surface area contributed by atoms with Gasteiger partial charge in [-0.15, -0.1) is 0 Å². The van der Waals surface area contributed by atoms with Crippen molar-refractivity contribution in [1.29, 1.82) is 0 Å². The molecule has 0 heterocycles. The normalized spacial score (nSPS) is 10.2. The number of nitrogens with two attached hydrogens (primary N) is 2. The largest absolute Gasteiger partial charge is 0.508 e. The highest BCUT2D eigenvalue weighted by atomic mass is 16.5. The minimum atomic E-state index is 0.164. The summed E-state index contributed by atoms with van der Waals surface area (Å²) >= 11 is 0. The first-order valence-corrected chi connectivity index (χ1v) is 5.14. The number of nitrogen functional groups attached to an aromatic ring is 2. The molecule has 0 amide bonds. The monoisotopic (exact) mass is 230 g/mol. The molecule has 0 radical (unpaired) electrons. The number of phenols is 1. The molecule has 0 fully saturated rings. The van der Waals surface area contributed by atoms with E-state index < -0.39 is 0 Å². The van der Waals surface area contributed by atoms with Crippen molar-refractivity contribution in [2.24, 2.45) is 0 Å². The quantitative estimate of drug-likeness (QED) is 0.691. The Kier molecular flexibility index (Phi) is 2.78. The van der Waals surface area contributed by atoms with Gasteiger partial charge in [0, 0.05) is 22.5 Å². The molecule has 5 N–H and O–H groups in total. The average Bonchev–Trinajstić information content (AvgIpc) is 2.29. The summed E-state index contributed by atoms with van der Waals surface area (Å²) in [5.41, 5.74) is 14.2. The highest BCUT2D eigenvalue weighted by molar-refractivity contribution is 5.83. The van der Waals surface area contributed by atoms with Crippen molar-refractivity contribution >= 4 is 11.4 Å². The Labute approximate surface area is 99.4 Å². The number of methoxy groups -OCH3 is 1. The van der Waals surface area contributed by atoms with Gasteiger partial charge in [-0.1, -0.05) is 6.07 Å². The third kappa shape index (κ3) is 2.10. The van der Waals surface area contributed by atoms with E-state index in [0.717, 1.165) is 11.1 Å². The fourth-order valence-corrected chi connectivity index (χ4v) is 1.73. The van der Waals surface area contributed by atoms with Crippen LogP contribution >= 0.6 is 0 Å². The molecule has 0 aliphatic carbocycles. The van der Waals surface area contributed by atoms with E-state index in [9.17, 15) is 5.11 Å². The first-order chi connectivity index (χ1) is 8.11. The number of anilines is 2. The number of phenolic OH excluding ortho intramolecular Hbond substituents is 1. The van der Waals surface area contributed by atoms with Crippen LogP contribution in [0.25, 0.3) is 11.1 Å². The van der Waals surface area contributed by atoms with Crippen LogP contribution in [0.3, 0.4) is 0 Å². The van der Waals surface area contributed by atoms with Gasteiger partial charge in [-0.2, -0.15) is 0 Å². The molecule has 0 saturated heterocycles. The van der Waals surface area contributed by atoms with E-state index in [2.05, 4.69) is 0 Å². The van der Waals surface area contributed by atoms with E-state index in [-0.39, 0.29) is 5.75 Å². The minimum Gasteiger partial charge on any atom is -0.508 e. The zero-order valence-corrected chi connectivity index (χ0v) is 9.47. The van der Waals surface area contributed by atoms with Gasteiger partial charge in [0.15, 0.2) is 0 Å². The van der Waals surface area contributed by atoms with Crippen LogP contribution in [0, 0.1) is 0 Å². The lowest BCUT2D eigenvalue weighted by Gasteiger charge is -2.11. The lowest BCUT2D eigenvalue weighted by molar-refractivity contribution is 0.414. The van der Waals surface area contributed by atoms with Crippen molar-refractivity contribution < 1.29 is 9.84 Å². The molecule has 2 rings (SSSR count). The van der Waals surface area contributed by atoms with Gasteiger partial charge < -0.3 is 21.3 Å². The highest BCUT2D eigenvalue weighted by Gasteiger charge is 2.10. The molecule has 0 aromatic heterocycles. The summed E-state index contributed by atoms with van der Waals surface area (Å²) < 4.78 is 5.24. The summed E-state index contributed by atoms with van der Waals surface area (Å²) in [5.74, 6) is 0.816. The van der Waals surface area contributed by atoms with E-state index >= 15 is 0 Å². The van der Waals surface area contributed by atoms with E-state index in [0.29, 0.717) is 17.1 Å². The van der Waals surface area contributed by atoms with Crippen LogP contribution in [-0.4, -0.2) is 12.2 Å². The smallest absolute Gasteiger partial charge is 0.127 e. The predicted molar refractivity (Wildman–Crippen MR) is 68.9 cm³/mol. The Morgan fingerprint density at radius 1 is 1.00 bits per heavy atom. The molecule has 0 aliphatic heterocycles. The van der Waals surface area contributed by atoms with Crippen molar-refractivity contribution in [3.63, 3.8) is 0 Å². The molecule has 88 valence electrons. The van der Waals surface area contributed by atoms with E-state index in [1.54, 1.807) is 37.4 Å². The maximum absolute atomic E-state index is 9.52. The summed E-state index contributed by atoms with van der Waals surface area (Å²) in [4.78, 5) is 0. The fourth-order valence-electron chi connectivity index (χ4n) is 1.73. The Balaban J connectivity index is 2.62. The molecular weight excluding hydrogens is 216 g/mol. The molecule has 0 bridgehead atoms. The Bertz CT molecular complexity index is 553. The SMILES string of the molecule is COc1ccc(O)cc1-c1ccc(N)cc1N. The third-order valence-corrected chi connectivity index (χ3v) is 2.55. The molecule has 4 nitrogen and oxygen atoms in total. The molecule has 17 heavy (non-hydrogen) atoms. The summed E-state index contributed by atoms with van der Waals surface area (Å²) in [6.45, 7) is 0. The predicted octanol–water partition coefficient (Wildman–Crippen LogP) is 2.23. The second kappa shape index (κ2) is 4.25. The molecule has 0 atom stereocenters. The number of ether oxygens (including phenoxy) is 1. The molecule has 0 spiro atoms. The molecule has 0 unspecified atom stereocenters. The van der Waals surface area contributed by atoms with Gasteiger partial charge in [0.1, 0.15) is 11.5 Å². The molecule has 0 aliphatic rings. The zero-order valence-electron chi connectivity index (χ0n) is 9.47. The zero-order chi connectivity index (χ0) is 12.4. The van der Waals surface area contributed by atoms with E-state index in [4.69, 9.17) is 16.2 Å². The molecule has 2 aromatic carbocycles. The van der Waals surface area contributed by atoms with Gasteiger partial charge in [0.05, 0.1) is 7.11 Å². The van der Waals surface area contributed by atoms with Crippen molar-refractivity contribution in [3.8, 4) is 22.6 Å².